The molecule has 1 aromatic heterocycles. The fourth-order valence-corrected chi connectivity index (χ4v) is 2.44. The van der Waals surface area contributed by atoms with E-state index in [0.717, 1.165) is 25.1 Å². The smallest absolute Gasteiger partial charge is 0.165 e. The maximum absolute atomic E-state index is 12.1. The molecule has 1 aliphatic rings. The molecule has 0 unspecified atom stereocenters. The van der Waals surface area contributed by atoms with Crippen LogP contribution in [0.1, 0.15) is 55.2 Å². The number of ketones is 1. The lowest BCUT2D eigenvalue weighted by atomic mass is 9.75. The first-order valence-electron chi connectivity index (χ1n) is 6.68. The van der Waals surface area contributed by atoms with Gasteiger partial charge in [0.25, 0.3) is 0 Å². The third-order valence-corrected chi connectivity index (χ3v) is 3.35. The van der Waals surface area contributed by atoms with Crippen LogP contribution < -0.4 is 5.32 Å². The Morgan fingerprint density at radius 1 is 1.47 bits per heavy atom. The lowest BCUT2D eigenvalue weighted by Gasteiger charge is -2.29. The highest BCUT2D eigenvalue weighted by Crippen LogP contribution is 2.35. The molecule has 1 aliphatic carbocycles. The first kappa shape index (κ1) is 13.5. The highest BCUT2D eigenvalue weighted by Gasteiger charge is 2.32. The summed E-state index contributed by atoms with van der Waals surface area (Å²) in [6.45, 7) is 6.99. The first-order valence-corrected chi connectivity index (χ1v) is 6.68. The van der Waals surface area contributed by atoms with Gasteiger partial charge in [0.1, 0.15) is 11.9 Å². The summed E-state index contributed by atoms with van der Waals surface area (Å²) in [4.78, 5) is 16.6. The zero-order chi connectivity index (χ0) is 14.0. The molecule has 19 heavy (non-hydrogen) atoms. The minimum Gasteiger partial charge on any atom is -0.369 e. The summed E-state index contributed by atoms with van der Waals surface area (Å²) in [5.74, 6) is 0.700. The van der Waals surface area contributed by atoms with Crippen LogP contribution in [0.5, 0.6) is 0 Å². The van der Waals surface area contributed by atoms with Gasteiger partial charge in [-0.15, -0.1) is 0 Å². The summed E-state index contributed by atoms with van der Waals surface area (Å²) in [5, 5.41) is 12.3. The molecule has 0 spiro atoms. The average molecular weight is 257 g/mol. The molecule has 0 amide bonds. The zero-order valence-electron chi connectivity index (χ0n) is 11.7. The molecule has 0 saturated heterocycles. The molecule has 4 heteroatoms. The Labute approximate surface area is 113 Å². The summed E-state index contributed by atoms with van der Waals surface area (Å²) in [7, 11) is 0. The summed E-state index contributed by atoms with van der Waals surface area (Å²) in [5.41, 5.74) is 1.85. The minimum atomic E-state index is -0.0483. The van der Waals surface area contributed by atoms with Gasteiger partial charge >= 0.3 is 0 Å². The second-order valence-electron chi connectivity index (χ2n) is 5.86. The van der Waals surface area contributed by atoms with Crippen LogP contribution in [0.2, 0.25) is 0 Å². The van der Waals surface area contributed by atoms with Crippen LogP contribution in [-0.2, 0) is 6.42 Å². The van der Waals surface area contributed by atoms with Crippen LogP contribution in [0.15, 0.2) is 6.07 Å². The van der Waals surface area contributed by atoms with Crippen molar-refractivity contribution < 1.29 is 4.79 Å². The summed E-state index contributed by atoms with van der Waals surface area (Å²) >= 11 is 0. The Morgan fingerprint density at radius 2 is 2.21 bits per heavy atom. The Kier molecular flexibility index (Phi) is 3.57. The van der Waals surface area contributed by atoms with E-state index in [9.17, 15) is 4.79 Å². The zero-order valence-corrected chi connectivity index (χ0v) is 11.7. The molecule has 0 radical (unpaired) electrons. The molecule has 4 nitrogen and oxygen atoms in total. The van der Waals surface area contributed by atoms with E-state index in [2.05, 4.69) is 37.1 Å². The minimum absolute atomic E-state index is 0.0483. The third-order valence-electron chi connectivity index (χ3n) is 3.35. The van der Waals surface area contributed by atoms with E-state index in [0.29, 0.717) is 23.4 Å². The Balaban J connectivity index is 2.46. The largest absolute Gasteiger partial charge is 0.369 e. The standard InChI is InChI=1S/C15H19N3O/c1-4-5-17-14-10(9-16)6-11-12(18-14)7-15(2,3)8-13(11)19/h6H,4-5,7-8H2,1-3H3,(H,17,18). The van der Waals surface area contributed by atoms with Crippen molar-refractivity contribution in [2.45, 2.75) is 40.0 Å². The van der Waals surface area contributed by atoms with Crippen molar-refractivity contribution >= 4 is 11.6 Å². The number of anilines is 1. The van der Waals surface area contributed by atoms with E-state index in [1.807, 2.05) is 0 Å². The molecule has 0 aromatic carbocycles. The normalized spacial score (nSPS) is 16.6. The molecular weight excluding hydrogens is 238 g/mol. The number of carbonyl (C=O) groups is 1. The van der Waals surface area contributed by atoms with Crippen molar-refractivity contribution in [3.63, 3.8) is 0 Å². The number of nitrogens with zero attached hydrogens (tertiary/aromatic N) is 2. The number of rotatable bonds is 3. The molecule has 0 atom stereocenters. The number of fused-ring (bicyclic) bond motifs is 1. The van der Waals surface area contributed by atoms with Gasteiger partial charge in [0.15, 0.2) is 5.78 Å². The fraction of sp³-hybridized carbons (Fsp3) is 0.533. The number of Topliss-reactive ketones (excluding diaryl/α,β-unsaturated/α-hetero) is 1. The lowest BCUT2D eigenvalue weighted by molar-refractivity contribution is 0.0910. The molecule has 0 saturated carbocycles. The van der Waals surface area contributed by atoms with Crippen molar-refractivity contribution in [1.29, 1.82) is 5.26 Å². The highest BCUT2D eigenvalue weighted by atomic mass is 16.1. The average Bonchev–Trinajstić information content (AvgIpc) is 2.34. The van der Waals surface area contributed by atoms with Gasteiger partial charge in [-0.05, 0) is 24.3 Å². The van der Waals surface area contributed by atoms with Crippen molar-refractivity contribution in [3.8, 4) is 6.07 Å². The van der Waals surface area contributed by atoms with E-state index in [-0.39, 0.29) is 11.2 Å². The van der Waals surface area contributed by atoms with Crippen LogP contribution in [-0.4, -0.2) is 17.3 Å². The third kappa shape index (κ3) is 2.76. The van der Waals surface area contributed by atoms with Gasteiger partial charge < -0.3 is 5.32 Å². The van der Waals surface area contributed by atoms with E-state index >= 15 is 0 Å². The predicted octanol–water partition coefficient (Wildman–Crippen LogP) is 2.93. The Morgan fingerprint density at radius 3 is 2.84 bits per heavy atom. The molecule has 1 N–H and O–H groups in total. The van der Waals surface area contributed by atoms with Crippen LogP contribution in [0.3, 0.4) is 0 Å². The number of carbonyl (C=O) groups excluding carboxylic acids is 1. The van der Waals surface area contributed by atoms with Gasteiger partial charge in [0, 0.05) is 18.5 Å². The van der Waals surface area contributed by atoms with Crippen LogP contribution >= 0.6 is 0 Å². The van der Waals surface area contributed by atoms with Gasteiger partial charge in [-0.3, -0.25) is 4.79 Å². The SMILES string of the molecule is CCCNc1nc2c(cc1C#N)C(=O)CC(C)(C)C2. The number of pyridine rings is 1. The second kappa shape index (κ2) is 5.00. The van der Waals surface area contributed by atoms with E-state index < -0.39 is 0 Å². The van der Waals surface area contributed by atoms with Crippen molar-refractivity contribution in [1.82, 2.24) is 4.98 Å². The lowest BCUT2D eigenvalue weighted by Crippen LogP contribution is -2.28. The van der Waals surface area contributed by atoms with E-state index in [1.165, 1.54) is 0 Å². The molecule has 0 aliphatic heterocycles. The fourth-order valence-electron chi connectivity index (χ4n) is 2.44. The molecule has 0 bridgehead atoms. The number of nitrogens with one attached hydrogen (secondary N) is 1. The van der Waals surface area contributed by atoms with Crippen LogP contribution in [0.25, 0.3) is 0 Å². The number of hydrogen-bond acceptors (Lipinski definition) is 4. The highest BCUT2D eigenvalue weighted by molar-refractivity contribution is 5.99. The van der Waals surface area contributed by atoms with Crippen molar-refractivity contribution in [2.24, 2.45) is 5.41 Å². The predicted molar refractivity (Wildman–Crippen MR) is 74.2 cm³/mol. The molecule has 0 fully saturated rings. The summed E-state index contributed by atoms with van der Waals surface area (Å²) in [6, 6.07) is 3.81. The molecule has 100 valence electrons. The Bertz CT molecular complexity index is 555. The van der Waals surface area contributed by atoms with Gasteiger partial charge in [0.2, 0.25) is 0 Å². The number of hydrogen-bond donors (Lipinski definition) is 1. The topological polar surface area (TPSA) is 65.8 Å². The molecule has 1 aromatic rings. The molecule has 2 rings (SSSR count). The van der Waals surface area contributed by atoms with Crippen molar-refractivity contribution in [2.75, 3.05) is 11.9 Å². The maximum Gasteiger partial charge on any atom is 0.165 e. The van der Waals surface area contributed by atoms with Gasteiger partial charge in [0.05, 0.1) is 11.3 Å². The monoisotopic (exact) mass is 257 g/mol. The van der Waals surface area contributed by atoms with Gasteiger partial charge in [-0.1, -0.05) is 20.8 Å². The summed E-state index contributed by atoms with van der Waals surface area (Å²) < 4.78 is 0. The number of aromatic nitrogens is 1. The van der Waals surface area contributed by atoms with E-state index in [4.69, 9.17) is 5.26 Å². The molecular formula is C15H19N3O. The van der Waals surface area contributed by atoms with Crippen LogP contribution in [0.4, 0.5) is 5.82 Å². The van der Waals surface area contributed by atoms with Gasteiger partial charge in [-0.25, -0.2) is 4.98 Å². The second-order valence-corrected chi connectivity index (χ2v) is 5.86. The van der Waals surface area contributed by atoms with Crippen LogP contribution in [0, 0.1) is 16.7 Å². The number of nitriles is 1. The molecule has 1 heterocycles. The van der Waals surface area contributed by atoms with E-state index in [1.54, 1.807) is 6.07 Å². The maximum atomic E-state index is 12.1. The quantitative estimate of drug-likeness (QED) is 0.904. The Hall–Kier alpha value is -1.89. The first-order chi connectivity index (χ1) is 8.96. The van der Waals surface area contributed by atoms with Crippen molar-refractivity contribution in [3.05, 3.63) is 22.9 Å². The van der Waals surface area contributed by atoms with Gasteiger partial charge in [-0.2, -0.15) is 5.26 Å². The summed E-state index contributed by atoms with van der Waals surface area (Å²) in [6.07, 6.45) is 2.27.